The molecule has 17 heavy (non-hydrogen) atoms. The van der Waals surface area contributed by atoms with Gasteiger partial charge >= 0.3 is 0 Å². The van der Waals surface area contributed by atoms with Gasteiger partial charge in [0.2, 0.25) is 0 Å². The van der Waals surface area contributed by atoms with Crippen molar-refractivity contribution in [2.24, 2.45) is 7.05 Å². The number of piperazine rings is 1. The van der Waals surface area contributed by atoms with Gasteiger partial charge in [0.15, 0.2) is 5.03 Å². The Morgan fingerprint density at radius 3 is 2.76 bits per heavy atom. The Kier molecular flexibility index (Phi) is 3.24. The van der Waals surface area contributed by atoms with E-state index in [2.05, 4.69) is 10.3 Å². The van der Waals surface area contributed by atoms with Gasteiger partial charge in [0, 0.05) is 38.9 Å². The van der Waals surface area contributed by atoms with E-state index in [1.165, 1.54) is 4.31 Å². The Hall–Kier alpha value is -0.920. The minimum Gasteiger partial charge on any atom is -0.337 e. The summed E-state index contributed by atoms with van der Waals surface area (Å²) >= 11 is 0. The van der Waals surface area contributed by atoms with Crippen LogP contribution >= 0.6 is 0 Å². The van der Waals surface area contributed by atoms with Crippen LogP contribution in [0, 0.1) is 6.92 Å². The third-order valence-corrected chi connectivity index (χ3v) is 4.99. The van der Waals surface area contributed by atoms with Crippen LogP contribution in [0.25, 0.3) is 0 Å². The van der Waals surface area contributed by atoms with E-state index in [9.17, 15) is 8.42 Å². The predicted octanol–water partition coefficient (Wildman–Crippen LogP) is -0.289. The molecule has 6 nitrogen and oxygen atoms in total. The van der Waals surface area contributed by atoms with Gasteiger partial charge in [-0.2, -0.15) is 4.31 Å². The van der Waals surface area contributed by atoms with Crippen LogP contribution in [0.4, 0.5) is 0 Å². The zero-order valence-electron chi connectivity index (χ0n) is 10.3. The molecule has 2 heterocycles. The molecule has 1 aliphatic heterocycles. The lowest BCUT2D eigenvalue weighted by atomic mass is 10.3. The average molecular weight is 258 g/mol. The Labute approximate surface area is 102 Å². The van der Waals surface area contributed by atoms with Crippen LogP contribution in [0.5, 0.6) is 0 Å². The maximum atomic E-state index is 12.4. The Bertz CT molecular complexity index is 489. The van der Waals surface area contributed by atoms with E-state index in [0.29, 0.717) is 25.5 Å². The fourth-order valence-corrected chi connectivity index (χ4v) is 3.61. The average Bonchev–Trinajstić information content (AvgIpc) is 2.60. The highest BCUT2D eigenvalue weighted by Gasteiger charge is 2.32. The maximum Gasteiger partial charge on any atom is 0.262 e. The van der Waals surface area contributed by atoms with E-state index in [1.807, 2.05) is 6.92 Å². The fourth-order valence-electron chi connectivity index (χ4n) is 1.95. The number of aryl methyl sites for hydroxylation is 2. The largest absolute Gasteiger partial charge is 0.337 e. The monoisotopic (exact) mass is 258 g/mol. The number of nitrogens with zero attached hydrogens (tertiary/aromatic N) is 3. The molecule has 1 aromatic rings. The zero-order chi connectivity index (χ0) is 12.6. The molecule has 0 aromatic carbocycles. The van der Waals surface area contributed by atoms with Crippen LogP contribution in [0.15, 0.2) is 11.2 Å². The van der Waals surface area contributed by atoms with Crippen molar-refractivity contribution >= 4 is 10.0 Å². The predicted molar refractivity (Wildman–Crippen MR) is 64.2 cm³/mol. The van der Waals surface area contributed by atoms with Gasteiger partial charge in [-0.1, -0.05) is 0 Å². The first-order valence-corrected chi connectivity index (χ1v) is 7.09. The number of hydrogen-bond donors (Lipinski definition) is 1. The summed E-state index contributed by atoms with van der Waals surface area (Å²) < 4.78 is 28.0. The molecule has 1 atom stereocenters. The SMILES string of the molecule is Cc1nc(S(=O)(=O)N2CCNC[C@H]2C)cn1C. The van der Waals surface area contributed by atoms with Crippen molar-refractivity contribution in [3.8, 4) is 0 Å². The summed E-state index contributed by atoms with van der Waals surface area (Å²) in [5.41, 5.74) is 0. The zero-order valence-corrected chi connectivity index (χ0v) is 11.2. The molecule has 1 aliphatic rings. The lowest BCUT2D eigenvalue weighted by Crippen LogP contribution is -2.52. The van der Waals surface area contributed by atoms with E-state index in [0.717, 1.165) is 0 Å². The molecule has 1 fully saturated rings. The van der Waals surface area contributed by atoms with Gasteiger partial charge in [0.25, 0.3) is 10.0 Å². The maximum absolute atomic E-state index is 12.4. The van der Waals surface area contributed by atoms with Crippen molar-refractivity contribution < 1.29 is 8.42 Å². The third kappa shape index (κ3) is 2.22. The fraction of sp³-hybridized carbons (Fsp3) is 0.700. The highest BCUT2D eigenvalue weighted by molar-refractivity contribution is 7.89. The molecule has 7 heteroatoms. The molecule has 0 bridgehead atoms. The molecule has 0 aliphatic carbocycles. The molecular weight excluding hydrogens is 240 g/mol. The van der Waals surface area contributed by atoms with Gasteiger partial charge in [-0.25, -0.2) is 13.4 Å². The second-order valence-corrected chi connectivity index (χ2v) is 6.24. The molecule has 0 amide bonds. The van der Waals surface area contributed by atoms with E-state index < -0.39 is 10.0 Å². The van der Waals surface area contributed by atoms with Crippen LogP contribution < -0.4 is 5.32 Å². The van der Waals surface area contributed by atoms with Crippen LogP contribution in [-0.2, 0) is 17.1 Å². The van der Waals surface area contributed by atoms with Gasteiger partial charge in [0.05, 0.1) is 0 Å². The summed E-state index contributed by atoms with van der Waals surface area (Å²) in [7, 11) is -1.66. The molecule has 2 rings (SSSR count). The first-order valence-electron chi connectivity index (χ1n) is 5.65. The number of rotatable bonds is 2. The molecule has 0 radical (unpaired) electrons. The van der Waals surface area contributed by atoms with Gasteiger partial charge < -0.3 is 9.88 Å². The Balaban J connectivity index is 2.35. The highest BCUT2D eigenvalue weighted by atomic mass is 32.2. The Morgan fingerprint density at radius 2 is 2.24 bits per heavy atom. The van der Waals surface area contributed by atoms with Crippen molar-refractivity contribution in [2.45, 2.75) is 24.9 Å². The smallest absolute Gasteiger partial charge is 0.262 e. The van der Waals surface area contributed by atoms with Crippen LogP contribution in [-0.4, -0.2) is 48.0 Å². The summed E-state index contributed by atoms with van der Waals surface area (Å²) in [5, 5.41) is 3.32. The number of hydrogen-bond acceptors (Lipinski definition) is 4. The first kappa shape index (κ1) is 12.5. The van der Waals surface area contributed by atoms with Crippen LogP contribution in [0.3, 0.4) is 0 Å². The minimum absolute atomic E-state index is 0.0314. The topological polar surface area (TPSA) is 67.2 Å². The molecule has 0 spiro atoms. The van der Waals surface area contributed by atoms with Crippen molar-refractivity contribution in [3.63, 3.8) is 0 Å². The quantitative estimate of drug-likeness (QED) is 0.791. The summed E-state index contributed by atoms with van der Waals surface area (Å²) in [6.07, 6.45) is 1.57. The van der Waals surface area contributed by atoms with Crippen LogP contribution in [0.1, 0.15) is 12.7 Å². The molecule has 0 unspecified atom stereocenters. The first-order chi connectivity index (χ1) is 7.93. The van der Waals surface area contributed by atoms with Crippen molar-refractivity contribution in [1.29, 1.82) is 0 Å². The van der Waals surface area contributed by atoms with Gasteiger partial charge in [-0.3, -0.25) is 0 Å². The summed E-state index contributed by atoms with van der Waals surface area (Å²) in [4.78, 5) is 4.10. The lowest BCUT2D eigenvalue weighted by molar-refractivity contribution is 0.283. The summed E-state index contributed by atoms with van der Waals surface area (Å²) in [6.45, 7) is 5.57. The third-order valence-electron chi connectivity index (χ3n) is 3.10. The second-order valence-electron chi connectivity index (χ2n) is 4.41. The van der Waals surface area contributed by atoms with E-state index in [4.69, 9.17) is 0 Å². The summed E-state index contributed by atoms with van der Waals surface area (Å²) in [6, 6.07) is -0.0314. The number of nitrogens with one attached hydrogen (secondary N) is 1. The van der Waals surface area contributed by atoms with E-state index >= 15 is 0 Å². The van der Waals surface area contributed by atoms with Crippen LogP contribution in [0.2, 0.25) is 0 Å². The highest BCUT2D eigenvalue weighted by Crippen LogP contribution is 2.18. The van der Waals surface area contributed by atoms with E-state index in [-0.39, 0.29) is 11.1 Å². The molecule has 0 saturated carbocycles. The number of sulfonamides is 1. The van der Waals surface area contributed by atoms with Gasteiger partial charge in [-0.15, -0.1) is 0 Å². The van der Waals surface area contributed by atoms with Gasteiger partial charge in [0.1, 0.15) is 5.82 Å². The second kappa shape index (κ2) is 4.40. The molecular formula is C10H18N4O2S. The lowest BCUT2D eigenvalue weighted by Gasteiger charge is -2.32. The number of imidazole rings is 1. The van der Waals surface area contributed by atoms with Crippen molar-refractivity contribution in [2.75, 3.05) is 19.6 Å². The molecule has 96 valence electrons. The standard InChI is InChI=1S/C10H18N4O2S/c1-8-6-11-4-5-14(8)17(15,16)10-7-13(3)9(2)12-10/h7-8,11H,4-6H2,1-3H3/t8-/m1/s1. The van der Waals surface area contributed by atoms with E-state index in [1.54, 1.807) is 24.7 Å². The van der Waals surface area contributed by atoms with Gasteiger partial charge in [-0.05, 0) is 13.8 Å². The molecule has 1 N–H and O–H groups in total. The molecule has 1 saturated heterocycles. The number of aromatic nitrogens is 2. The summed E-state index contributed by atoms with van der Waals surface area (Å²) in [5.74, 6) is 0.700. The normalized spacial score (nSPS) is 22.9. The van der Waals surface area contributed by atoms with Crippen molar-refractivity contribution in [3.05, 3.63) is 12.0 Å². The van der Waals surface area contributed by atoms with Crippen molar-refractivity contribution in [1.82, 2.24) is 19.2 Å². The molecule has 1 aromatic heterocycles. The Morgan fingerprint density at radius 1 is 1.53 bits per heavy atom. The minimum atomic E-state index is -3.45.